The van der Waals surface area contributed by atoms with Crippen molar-refractivity contribution in [1.82, 2.24) is 9.78 Å². The van der Waals surface area contributed by atoms with E-state index in [9.17, 15) is 9.90 Å². The summed E-state index contributed by atoms with van der Waals surface area (Å²) in [5, 5.41) is 13.7. The second kappa shape index (κ2) is 4.49. The molecule has 1 aromatic heterocycles. The van der Waals surface area contributed by atoms with Gasteiger partial charge < -0.3 is 10.8 Å². The van der Waals surface area contributed by atoms with E-state index in [2.05, 4.69) is 5.10 Å². The molecule has 0 unspecified atom stereocenters. The van der Waals surface area contributed by atoms with Gasteiger partial charge in [0.05, 0.1) is 5.41 Å². The first-order valence-electron chi connectivity index (χ1n) is 6.03. The van der Waals surface area contributed by atoms with Crippen LogP contribution in [-0.2, 0) is 11.8 Å². The normalized spacial score (nSPS) is 20.4. The summed E-state index contributed by atoms with van der Waals surface area (Å²) in [4.78, 5) is 11.6. The molecule has 1 aromatic rings. The number of hydrogen-bond acceptors (Lipinski definition) is 3. The van der Waals surface area contributed by atoms with Crippen LogP contribution in [0.5, 0.6) is 0 Å². The summed E-state index contributed by atoms with van der Waals surface area (Å²) < 4.78 is 1.74. The fourth-order valence-corrected chi connectivity index (χ4v) is 3.07. The van der Waals surface area contributed by atoms with Gasteiger partial charge in [0.15, 0.2) is 0 Å². The topological polar surface area (TPSA) is 81.1 Å². The lowest BCUT2D eigenvalue weighted by Gasteiger charge is -2.32. The Morgan fingerprint density at radius 2 is 2.29 bits per heavy atom. The van der Waals surface area contributed by atoms with Gasteiger partial charge >= 0.3 is 5.97 Å². The van der Waals surface area contributed by atoms with Gasteiger partial charge in [-0.25, -0.2) is 0 Å². The molecule has 0 bridgehead atoms. The third-order valence-electron chi connectivity index (χ3n) is 4.04. The predicted octanol–water partition coefficient (Wildman–Crippen LogP) is 1.11. The number of aliphatic carboxylic acids is 1. The Hall–Kier alpha value is -1.36. The fraction of sp³-hybridized carbons (Fsp3) is 0.667. The molecule has 1 aliphatic carbocycles. The molecule has 0 saturated heterocycles. The van der Waals surface area contributed by atoms with Gasteiger partial charge in [-0.3, -0.25) is 9.48 Å². The van der Waals surface area contributed by atoms with Gasteiger partial charge in [-0.1, -0.05) is 12.8 Å². The highest BCUT2D eigenvalue weighted by Crippen LogP contribution is 2.48. The third kappa shape index (κ3) is 1.84. The monoisotopic (exact) mass is 237 g/mol. The maximum atomic E-state index is 11.6. The number of rotatable bonds is 4. The highest BCUT2D eigenvalue weighted by molar-refractivity contribution is 5.76. The van der Waals surface area contributed by atoms with Crippen LogP contribution in [-0.4, -0.2) is 27.4 Å². The molecule has 1 fully saturated rings. The van der Waals surface area contributed by atoms with Gasteiger partial charge in [-0.05, 0) is 18.9 Å². The van der Waals surface area contributed by atoms with Gasteiger partial charge in [-0.2, -0.15) is 5.10 Å². The smallest absolute Gasteiger partial charge is 0.310 e. The SMILES string of the molecule is Cn1nccc1[C@H](CN)C1(C(=O)O)CCCC1. The van der Waals surface area contributed by atoms with E-state index in [1.165, 1.54) is 0 Å². The number of carboxylic acid groups (broad SMARTS) is 1. The highest BCUT2D eigenvalue weighted by Gasteiger charge is 2.48. The van der Waals surface area contributed by atoms with Crippen molar-refractivity contribution in [2.24, 2.45) is 18.2 Å². The fourth-order valence-electron chi connectivity index (χ4n) is 3.07. The Morgan fingerprint density at radius 1 is 1.65 bits per heavy atom. The van der Waals surface area contributed by atoms with E-state index in [0.29, 0.717) is 6.54 Å². The average molecular weight is 237 g/mol. The van der Waals surface area contributed by atoms with Crippen LogP contribution < -0.4 is 5.73 Å². The van der Waals surface area contributed by atoms with Gasteiger partial charge in [0.1, 0.15) is 0 Å². The minimum atomic E-state index is -0.716. The summed E-state index contributed by atoms with van der Waals surface area (Å²) in [6, 6.07) is 1.88. The van der Waals surface area contributed by atoms with Gasteiger partial charge in [0, 0.05) is 31.4 Å². The molecule has 0 spiro atoms. The molecule has 0 aliphatic heterocycles. The minimum absolute atomic E-state index is 0.144. The number of nitrogens with two attached hydrogens (primary N) is 1. The maximum absolute atomic E-state index is 11.6. The Kier molecular flexibility index (Phi) is 3.19. The number of carboxylic acids is 1. The molecule has 1 atom stereocenters. The zero-order chi connectivity index (χ0) is 12.5. The molecule has 1 aliphatic rings. The highest BCUT2D eigenvalue weighted by atomic mass is 16.4. The minimum Gasteiger partial charge on any atom is -0.481 e. The number of nitrogens with zero attached hydrogens (tertiary/aromatic N) is 2. The Morgan fingerprint density at radius 3 is 2.71 bits per heavy atom. The maximum Gasteiger partial charge on any atom is 0.310 e. The van der Waals surface area contributed by atoms with Crippen LogP contribution in [0.15, 0.2) is 12.3 Å². The first-order valence-corrected chi connectivity index (χ1v) is 6.03. The lowest BCUT2D eigenvalue weighted by atomic mass is 9.72. The van der Waals surface area contributed by atoms with Gasteiger partial charge in [0.2, 0.25) is 0 Å². The van der Waals surface area contributed by atoms with Crippen molar-refractivity contribution in [2.45, 2.75) is 31.6 Å². The van der Waals surface area contributed by atoms with E-state index in [-0.39, 0.29) is 5.92 Å². The molecule has 2 rings (SSSR count). The van der Waals surface area contributed by atoms with E-state index < -0.39 is 11.4 Å². The molecule has 1 heterocycles. The second-order valence-electron chi connectivity index (χ2n) is 4.84. The number of aromatic nitrogens is 2. The first kappa shape index (κ1) is 12.1. The van der Waals surface area contributed by atoms with Crippen molar-refractivity contribution in [1.29, 1.82) is 0 Å². The second-order valence-corrected chi connectivity index (χ2v) is 4.84. The molecule has 0 amide bonds. The largest absolute Gasteiger partial charge is 0.481 e. The summed E-state index contributed by atoms with van der Waals surface area (Å²) >= 11 is 0. The summed E-state index contributed by atoms with van der Waals surface area (Å²) in [6.45, 7) is 0.353. The summed E-state index contributed by atoms with van der Waals surface area (Å²) in [7, 11) is 1.84. The van der Waals surface area contributed by atoms with Crippen LogP contribution >= 0.6 is 0 Å². The molecular formula is C12H19N3O2. The number of hydrogen-bond donors (Lipinski definition) is 2. The van der Waals surface area contributed by atoms with Crippen molar-refractivity contribution in [3.05, 3.63) is 18.0 Å². The quantitative estimate of drug-likeness (QED) is 0.821. The van der Waals surface area contributed by atoms with Gasteiger partial charge in [0.25, 0.3) is 0 Å². The van der Waals surface area contributed by atoms with E-state index in [4.69, 9.17) is 5.73 Å². The summed E-state index contributed by atoms with van der Waals surface area (Å²) in [5.41, 5.74) is 6.07. The molecule has 0 aromatic carbocycles. The average Bonchev–Trinajstić information content (AvgIpc) is 2.91. The third-order valence-corrected chi connectivity index (χ3v) is 4.04. The van der Waals surface area contributed by atoms with E-state index >= 15 is 0 Å². The van der Waals surface area contributed by atoms with E-state index in [1.54, 1.807) is 10.9 Å². The number of carbonyl (C=O) groups is 1. The van der Waals surface area contributed by atoms with Crippen molar-refractivity contribution >= 4 is 5.97 Å². The Bertz CT molecular complexity index is 408. The molecule has 0 radical (unpaired) electrons. The molecule has 5 heteroatoms. The molecule has 94 valence electrons. The zero-order valence-electron chi connectivity index (χ0n) is 10.1. The molecule has 3 N–H and O–H groups in total. The van der Waals surface area contributed by atoms with Crippen molar-refractivity contribution < 1.29 is 9.90 Å². The van der Waals surface area contributed by atoms with Crippen LogP contribution in [0.3, 0.4) is 0 Å². The predicted molar refractivity (Wildman–Crippen MR) is 63.5 cm³/mol. The Labute approximate surface area is 101 Å². The molecular weight excluding hydrogens is 218 g/mol. The molecule has 17 heavy (non-hydrogen) atoms. The first-order chi connectivity index (χ1) is 8.12. The standard InChI is InChI=1S/C12H19N3O2/c1-15-10(4-7-14-15)9(8-13)12(11(16)17)5-2-3-6-12/h4,7,9H,2-3,5-6,8,13H2,1H3,(H,16,17)/t9-/m0/s1. The lowest BCUT2D eigenvalue weighted by molar-refractivity contribution is -0.150. The molecule has 1 saturated carbocycles. The van der Waals surface area contributed by atoms with Crippen molar-refractivity contribution in [3.63, 3.8) is 0 Å². The van der Waals surface area contributed by atoms with Crippen LogP contribution in [0.1, 0.15) is 37.3 Å². The lowest BCUT2D eigenvalue weighted by Crippen LogP contribution is -2.39. The van der Waals surface area contributed by atoms with Crippen LogP contribution in [0, 0.1) is 5.41 Å². The van der Waals surface area contributed by atoms with Gasteiger partial charge in [-0.15, -0.1) is 0 Å². The summed E-state index contributed by atoms with van der Waals surface area (Å²) in [5.74, 6) is -0.860. The number of aryl methyl sites for hydroxylation is 1. The van der Waals surface area contributed by atoms with E-state index in [0.717, 1.165) is 31.4 Å². The summed E-state index contributed by atoms with van der Waals surface area (Å²) in [6.07, 6.45) is 5.08. The van der Waals surface area contributed by atoms with Crippen molar-refractivity contribution in [3.8, 4) is 0 Å². The van der Waals surface area contributed by atoms with E-state index in [1.807, 2.05) is 13.1 Å². The van der Waals surface area contributed by atoms with Crippen LogP contribution in [0.25, 0.3) is 0 Å². The Balaban J connectivity index is 2.40. The zero-order valence-corrected chi connectivity index (χ0v) is 10.1. The molecule has 5 nitrogen and oxygen atoms in total. The van der Waals surface area contributed by atoms with Crippen LogP contribution in [0.2, 0.25) is 0 Å². The van der Waals surface area contributed by atoms with Crippen molar-refractivity contribution in [2.75, 3.05) is 6.54 Å². The van der Waals surface area contributed by atoms with Crippen LogP contribution in [0.4, 0.5) is 0 Å².